The second kappa shape index (κ2) is 8.71. The van der Waals surface area contributed by atoms with Crippen molar-refractivity contribution in [3.05, 3.63) is 108 Å². The highest BCUT2D eigenvalue weighted by molar-refractivity contribution is 5.85. The predicted octanol–water partition coefficient (Wildman–Crippen LogP) is 5.34. The normalized spacial score (nSPS) is 25.6. The maximum absolute atomic E-state index is 6.80. The lowest BCUT2D eigenvalue weighted by Crippen LogP contribution is -2.47. The maximum Gasteiger partial charge on any atom is 0.0434 e. The molecule has 1 heterocycles. The molecule has 4 unspecified atom stereocenters. The van der Waals surface area contributed by atoms with E-state index in [2.05, 4.69) is 103 Å². The molecule has 140 valence electrons. The number of rotatable bonds is 3. The first-order valence-electron chi connectivity index (χ1n) is 9.38. The lowest BCUT2D eigenvalue weighted by molar-refractivity contribution is 0.0800. The molecule has 0 spiro atoms. The fourth-order valence-electron chi connectivity index (χ4n) is 4.50. The van der Waals surface area contributed by atoms with Crippen molar-refractivity contribution in [2.24, 2.45) is 5.73 Å². The van der Waals surface area contributed by atoms with Crippen molar-refractivity contribution in [2.75, 3.05) is 7.05 Å². The van der Waals surface area contributed by atoms with Gasteiger partial charge in [-0.15, -0.1) is 12.4 Å². The van der Waals surface area contributed by atoms with Gasteiger partial charge in [-0.25, -0.2) is 0 Å². The summed E-state index contributed by atoms with van der Waals surface area (Å²) in [5, 5.41) is 0. The van der Waals surface area contributed by atoms with Crippen LogP contribution in [0.5, 0.6) is 0 Å². The Balaban J connectivity index is 0.00000210. The Hall–Kier alpha value is -2.13. The van der Waals surface area contributed by atoms with E-state index in [1.165, 1.54) is 16.7 Å². The molecule has 0 aromatic heterocycles. The van der Waals surface area contributed by atoms with Gasteiger partial charge in [-0.1, -0.05) is 91.0 Å². The number of benzene rings is 3. The Morgan fingerprint density at radius 2 is 1.15 bits per heavy atom. The van der Waals surface area contributed by atoms with Crippen molar-refractivity contribution >= 4 is 12.4 Å². The summed E-state index contributed by atoms with van der Waals surface area (Å²) in [6.45, 7) is 0. The van der Waals surface area contributed by atoms with Crippen molar-refractivity contribution in [1.82, 2.24) is 4.90 Å². The summed E-state index contributed by atoms with van der Waals surface area (Å²) in [6.07, 6.45) is 0.962. The van der Waals surface area contributed by atoms with Crippen LogP contribution in [0.2, 0.25) is 0 Å². The van der Waals surface area contributed by atoms with E-state index in [1.807, 2.05) is 0 Å². The zero-order chi connectivity index (χ0) is 17.9. The third-order valence-corrected chi connectivity index (χ3v) is 5.74. The minimum atomic E-state index is 0. The smallest absolute Gasteiger partial charge is 0.0434 e. The average molecular weight is 379 g/mol. The second-order valence-corrected chi connectivity index (χ2v) is 7.28. The molecule has 1 aliphatic rings. The molecule has 1 saturated heterocycles. The van der Waals surface area contributed by atoms with E-state index in [4.69, 9.17) is 5.73 Å². The predicted molar refractivity (Wildman–Crippen MR) is 115 cm³/mol. The van der Waals surface area contributed by atoms with Gasteiger partial charge in [-0.05, 0) is 30.2 Å². The summed E-state index contributed by atoms with van der Waals surface area (Å²) in [4.78, 5) is 2.52. The fraction of sp³-hybridized carbons (Fsp3) is 0.250. The molecule has 4 rings (SSSR count). The van der Waals surface area contributed by atoms with Crippen LogP contribution >= 0.6 is 12.4 Å². The molecule has 1 fully saturated rings. The van der Waals surface area contributed by atoms with Crippen LogP contribution in [-0.4, -0.2) is 18.0 Å². The minimum Gasteiger partial charge on any atom is -0.327 e. The molecular weight excluding hydrogens is 352 g/mol. The van der Waals surface area contributed by atoms with Gasteiger partial charge in [-0.3, -0.25) is 4.90 Å². The lowest BCUT2D eigenvalue weighted by atomic mass is 9.74. The molecule has 0 amide bonds. The monoisotopic (exact) mass is 378 g/mol. The first kappa shape index (κ1) is 19.6. The highest BCUT2D eigenvalue weighted by Gasteiger charge is 2.41. The first-order valence-corrected chi connectivity index (χ1v) is 9.38. The fourth-order valence-corrected chi connectivity index (χ4v) is 4.50. The first-order chi connectivity index (χ1) is 12.8. The van der Waals surface area contributed by atoms with E-state index >= 15 is 0 Å². The second-order valence-electron chi connectivity index (χ2n) is 7.28. The zero-order valence-corrected chi connectivity index (χ0v) is 16.4. The molecule has 0 aliphatic carbocycles. The molecule has 0 saturated carbocycles. The van der Waals surface area contributed by atoms with Gasteiger partial charge in [0.05, 0.1) is 0 Å². The lowest BCUT2D eigenvalue weighted by Gasteiger charge is -2.48. The number of likely N-dealkylation sites (N-methyl/N-ethyl adjacent to an activating group) is 1. The van der Waals surface area contributed by atoms with Gasteiger partial charge in [0, 0.05) is 24.0 Å². The van der Waals surface area contributed by atoms with Gasteiger partial charge in [-0.2, -0.15) is 0 Å². The van der Waals surface area contributed by atoms with Crippen LogP contribution < -0.4 is 5.73 Å². The standard InChI is InChI=1S/C24H26N2.ClH/c1-26-22(18-11-5-2-6-12-18)17-21(25)23(19-13-7-3-8-14-19)24(26)20-15-9-4-10-16-20;/h2-16,21-24H,17,25H2,1H3;1H. The van der Waals surface area contributed by atoms with Gasteiger partial charge in [0.2, 0.25) is 0 Å². The van der Waals surface area contributed by atoms with Gasteiger partial charge in [0.15, 0.2) is 0 Å². The zero-order valence-electron chi connectivity index (χ0n) is 15.6. The minimum absolute atomic E-state index is 0. The summed E-state index contributed by atoms with van der Waals surface area (Å²) in [5.74, 6) is 0.281. The summed E-state index contributed by atoms with van der Waals surface area (Å²) in [7, 11) is 2.25. The Labute approximate surface area is 168 Å². The average Bonchev–Trinajstić information content (AvgIpc) is 2.71. The third-order valence-electron chi connectivity index (χ3n) is 5.74. The molecule has 4 atom stereocenters. The molecule has 1 aliphatic heterocycles. The van der Waals surface area contributed by atoms with E-state index < -0.39 is 0 Å². The molecule has 2 nitrogen and oxygen atoms in total. The molecule has 3 heteroatoms. The summed E-state index contributed by atoms with van der Waals surface area (Å²) in [5.41, 5.74) is 10.8. The number of nitrogens with two attached hydrogens (primary N) is 1. The molecule has 27 heavy (non-hydrogen) atoms. The van der Waals surface area contributed by atoms with Crippen LogP contribution in [-0.2, 0) is 0 Å². The number of hydrogen-bond donors (Lipinski definition) is 1. The van der Waals surface area contributed by atoms with Crippen LogP contribution in [0.15, 0.2) is 91.0 Å². The van der Waals surface area contributed by atoms with Crippen molar-refractivity contribution < 1.29 is 0 Å². The maximum atomic E-state index is 6.80. The van der Waals surface area contributed by atoms with Crippen LogP contribution in [0.3, 0.4) is 0 Å². The van der Waals surface area contributed by atoms with Crippen LogP contribution in [0.1, 0.15) is 41.1 Å². The van der Waals surface area contributed by atoms with E-state index in [9.17, 15) is 0 Å². The quantitative estimate of drug-likeness (QED) is 0.666. The highest BCUT2D eigenvalue weighted by atomic mass is 35.5. The van der Waals surface area contributed by atoms with Crippen molar-refractivity contribution in [2.45, 2.75) is 30.5 Å². The topological polar surface area (TPSA) is 29.3 Å². The molecule has 0 bridgehead atoms. The number of nitrogens with zero attached hydrogens (tertiary/aromatic N) is 1. The third kappa shape index (κ3) is 3.93. The molecule has 3 aromatic rings. The summed E-state index contributed by atoms with van der Waals surface area (Å²) in [6, 6.07) is 33.0. The Kier molecular flexibility index (Phi) is 6.33. The number of hydrogen-bond acceptors (Lipinski definition) is 2. The summed E-state index contributed by atoms with van der Waals surface area (Å²) < 4.78 is 0. The van der Waals surface area contributed by atoms with Gasteiger partial charge in [0.1, 0.15) is 0 Å². The Bertz CT molecular complexity index is 823. The van der Waals surface area contributed by atoms with Crippen LogP contribution in [0.4, 0.5) is 0 Å². The number of halogens is 1. The van der Waals surface area contributed by atoms with Crippen LogP contribution in [0, 0.1) is 0 Å². The highest BCUT2D eigenvalue weighted by Crippen LogP contribution is 2.47. The van der Waals surface area contributed by atoms with Crippen molar-refractivity contribution in [1.29, 1.82) is 0 Å². The van der Waals surface area contributed by atoms with Gasteiger partial charge >= 0.3 is 0 Å². The van der Waals surface area contributed by atoms with E-state index in [0.29, 0.717) is 6.04 Å². The van der Waals surface area contributed by atoms with Crippen LogP contribution in [0.25, 0.3) is 0 Å². The largest absolute Gasteiger partial charge is 0.327 e. The van der Waals surface area contributed by atoms with E-state index in [0.717, 1.165) is 6.42 Å². The molecule has 0 radical (unpaired) electrons. The SMILES string of the molecule is CN1C(c2ccccc2)CC(N)C(c2ccccc2)C1c1ccccc1.Cl. The van der Waals surface area contributed by atoms with Gasteiger partial charge < -0.3 is 5.73 Å². The number of piperidine rings is 1. The Morgan fingerprint density at radius 1 is 0.704 bits per heavy atom. The molecular formula is C24H27ClN2. The van der Waals surface area contributed by atoms with E-state index in [-0.39, 0.29) is 30.4 Å². The molecule has 3 aromatic carbocycles. The summed E-state index contributed by atoms with van der Waals surface area (Å²) >= 11 is 0. The van der Waals surface area contributed by atoms with E-state index in [1.54, 1.807) is 0 Å². The van der Waals surface area contributed by atoms with Crippen molar-refractivity contribution in [3.8, 4) is 0 Å². The Morgan fingerprint density at radius 3 is 1.67 bits per heavy atom. The van der Waals surface area contributed by atoms with Gasteiger partial charge in [0.25, 0.3) is 0 Å². The molecule has 2 N–H and O–H groups in total. The van der Waals surface area contributed by atoms with Crippen molar-refractivity contribution in [3.63, 3.8) is 0 Å². The number of likely N-dealkylation sites (tertiary alicyclic amines) is 1.